The van der Waals surface area contributed by atoms with Gasteiger partial charge in [0.25, 0.3) is 0 Å². The van der Waals surface area contributed by atoms with E-state index < -0.39 is 17.9 Å². The smallest absolute Gasteiger partial charge is 0.320 e. The highest BCUT2D eigenvalue weighted by Gasteiger charge is 2.38. The van der Waals surface area contributed by atoms with Crippen LogP contribution in [0.25, 0.3) is 0 Å². The van der Waals surface area contributed by atoms with Crippen molar-refractivity contribution >= 4 is 11.9 Å². The van der Waals surface area contributed by atoms with Gasteiger partial charge in [0.15, 0.2) is 5.92 Å². The third-order valence-corrected chi connectivity index (χ3v) is 3.02. The summed E-state index contributed by atoms with van der Waals surface area (Å²) in [4.78, 5) is 23.0. The second kappa shape index (κ2) is 5.49. The lowest BCUT2D eigenvalue weighted by atomic mass is 9.98. The highest BCUT2D eigenvalue weighted by Crippen LogP contribution is 2.32. The Morgan fingerprint density at radius 2 is 1.82 bits per heavy atom. The Kier molecular flexibility index (Phi) is 4.51. The Bertz CT molecular complexity index is 281. The number of methoxy groups -OCH3 is 2. The van der Waals surface area contributed by atoms with Crippen LogP contribution < -0.4 is 0 Å². The minimum atomic E-state index is -0.885. The fourth-order valence-corrected chi connectivity index (χ4v) is 2.08. The molecule has 1 aliphatic heterocycles. The van der Waals surface area contributed by atoms with Crippen molar-refractivity contribution in [2.45, 2.75) is 44.8 Å². The standard InChI is InChI=1S/C12H20O5/c1-12(2)6-5-8(17-12)7-9(10(13)15-3)11(14)16-4/h8-9H,5-7H2,1-4H3. The predicted octanol–water partition coefficient (Wildman–Crippen LogP) is 1.30. The van der Waals surface area contributed by atoms with Crippen LogP contribution in [-0.2, 0) is 23.8 Å². The molecule has 0 aliphatic carbocycles. The van der Waals surface area contributed by atoms with Gasteiger partial charge in [0.05, 0.1) is 25.9 Å². The lowest BCUT2D eigenvalue weighted by Gasteiger charge is -2.21. The Morgan fingerprint density at radius 1 is 1.29 bits per heavy atom. The second-order valence-corrected chi connectivity index (χ2v) is 4.87. The van der Waals surface area contributed by atoms with Crippen LogP contribution in [0, 0.1) is 5.92 Å². The zero-order valence-corrected chi connectivity index (χ0v) is 10.8. The number of carbonyl (C=O) groups is 2. The van der Waals surface area contributed by atoms with E-state index in [0.29, 0.717) is 6.42 Å². The van der Waals surface area contributed by atoms with E-state index in [1.54, 1.807) is 0 Å². The normalized spacial score (nSPS) is 22.5. The van der Waals surface area contributed by atoms with Crippen molar-refractivity contribution < 1.29 is 23.8 Å². The minimum absolute atomic E-state index is 0.0896. The topological polar surface area (TPSA) is 61.8 Å². The van der Waals surface area contributed by atoms with E-state index in [9.17, 15) is 9.59 Å². The van der Waals surface area contributed by atoms with Gasteiger partial charge in [-0.05, 0) is 33.1 Å². The van der Waals surface area contributed by atoms with Crippen LogP contribution in [0.1, 0.15) is 33.1 Å². The van der Waals surface area contributed by atoms with Crippen molar-refractivity contribution in [3.8, 4) is 0 Å². The zero-order chi connectivity index (χ0) is 13.1. The highest BCUT2D eigenvalue weighted by atomic mass is 16.5. The summed E-state index contributed by atoms with van der Waals surface area (Å²) in [5.74, 6) is -2.01. The zero-order valence-electron chi connectivity index (χ0n) is 10.8. The van der Waals surface area contributed by atoms with Gasteiger partial charge in [-0.1, -0.05) is 0 Å². The maximum Gasteiger partial charge on any atom is 0.320 e. The molecule has 1 atom stereocenters. The summed E-state index contributed by atoms with van der Waals surface area (Å²) in [6.07, 6.45) is 2.00. The quantitative estimate of drug-likeness (QED) is 0.551. The van der Waals surface area contributed by atoms with Crippen LogP contribution in [0.4, 0.5) is 0 Å². The van der Waals surface area contributed by atoms with E-state index in [0.717, 1.165) is 12.8 Å². The van der Waals surface area contributed by atoms with Gasteiger partial charge in [0.1, 0.15) is 0 Å². The Labute approximate surface area is 101 Å². The Morgan fingerprint density at radius 3 is 2.18 bits per heavy atom. The van der Waals surface area contributed by atoms with E-state index in [4.69, 9.17) is 4.74 Å². The Hall–Kier alpha value is -1.10. The average Bonchev–Trinajstić information content (AvgIpc) is 2.63. The van der Waals surface area contributed by atoms with E-state index in [1.807, 2.05) is 13.8 Å². The first-order chi connectivity index (χ1) is 7.89. The van der Waals surface area contributed by atoms with Crippen LogP contribution in [0.2, 0.25) is 0 Å². The summed E-state index contributed by atoms with van der Waals surface area (Å²) in [5, 5.41) is 0. The first kappa shape index (κ1) is 14.0. The fourth-order valence-electron chi connectivity index (χ4n) is 2.08. The average molecular weight is 244 g/mol. The molecule has 0 spiro atoms. The molecular weight excluding hydrogens is 224 g/mol. The predicted molar refractivity (Wildman–Crippen MR) is 60.3 cm³/mol. The van der Waals surface area contributed by atoms with Gasteiger partial charge in [-0.2, -0.15) is 0 Å². The van der Waals surface area contributed by atoms with Crippen LogP contribution in [0.15, 0.2) is 0 Å². The van der Waals surface area contributed by atoms with E-state index in [-0.39, 0.29) is 11.7 Å². The summed E-state index contributed by atoms with van der Waals surface area (Å²) < 4.78 is 15.0. The van der Waals surface area contributed by atoms with Gasteiger partial charge < -0.3 is 14.2 Å². The molecule has 1 saturated heterocycles. The molecule has 0 radical (unpaired) electrons. The molecule has 1 heterocycles. The van der Waals surface area contributed by atoms with Crippen LogP contribution in [-0.4, -0.2) is 37.9 Å². The molecule has 5 heteroatoms. The lowest BCUT2D eigenvalue weighted by Crippen LogP contribution is -2.31. The number of esters is 2. The molecule has 0 aromatic carbocycles. The third kappa shape index (κ3) is 3.70. The molecule has 0 N–H and O–H groups in total. The fraction of sp³-hybridized carbons (Fsp3) is 0.833. The molecule has 0 aromatic heterocycles. The van der Waals surface area contributed by atoms with Crippen LogP contribution >= 0.6 is 0 Å². The molecule has 98 valence electrons. The summed E-state index contributed by atoms with van der Waals surface area (Å²) in [5.41, 5.74) is -0.179. The second-order valence-electron chi connectivity index (χ2n) is 4.87. The van der Waals surface area contributed by atoms with E-state index in [1.165, 1.54) is 14.2 Å². The summed E-state index contributed by atoms with van der Waals surface area (Å²) >= 11 is 0. The van der Waals surface area contributed by atoms with E-state index >= 15 is 0 Å². The van der Waals surface area contributed by atoms with Crippen molar-refractivity contribution in [2.24, 2.45) is 5.92 Å². The molecule has 17 heavy (non-hydrogen) atoms. The molecule has 0 aromatic rings. The van der Waals surface area contributed by atoms with Gasteiger partial charge in [-0.15, -0.1) is 0 Å². The number of rotatable bonds is 4. The summed E-state index contributed by atoms with van der Waals surface area (Å²) in [7, 11) is 2.52. The van der Waals surface area contributed by atoms with Crippen molar-refractivity contribution in [2.75, 3.05) is 14.2 Å². The number of hydrogen-bond donors (Lipinski definition) is 0. The lowest BCUT2D eigenvalue weighted by molar-refractivity contribution is -0.161. The monoisotopic (exact) mass is 244 g/mol. The van der Waals surface area contributed by atoms with Crippen LogP contribution in [0.3, 0.4) is 0 Å². The van der Waals surface area contributed by atoms with E-state index in [2.05, 4.69) is 9.47 Å². The Balaban J connectivity index is 2.61. The molecule has 0 amide bonds. The maximum absolute atomic E-state index is 11.5. The third-order valence-electron chi connectivity index (χ3n) is 3.02. The SMILES string of the molecule is COC(=O)C(CC1CCC(C)(C)O1)C(=O)OC. The molecule has 0 bridgehead atoms. The van der Waals surface area contributed by atoms with Gasteiger partial charge >= 0.3 is 11.9 Å². The van der Waals surface area contributed by atoms with Crippen molar-refractivity contribution in [1.82, 2.24) is 0 Å². The molecule has 1 unspecified atom stereocenters. The molecule has 1 rings (SSSR count). The molecular formula is C12H20O5. The number of carbonyl (C=O) groups excluding carboxylic acids is 2. The molecule has 1 aliphatic rings. The van der Waals surface area contributed by atoms with Crippen molar-refractivity contribution in [3.05, 3.63) is 0 Å². The number of ether oxygens (including phenoxy) is 3. The van der Waals surface area contributed by atoms with Gasteiger partial charge in [0, 0.05) is 0 Å². The highest BCUT2D eigenvalue weighted by molar-refractivity contribution is 5.94. The van der Waals surface area contributed by atoms with Gasteiger partial charge in [-0.25, -0.2) is 0 Å². The number of hydrogen-bond acceptors (Lipinski definition) is 5. The van der Waals surface area contributed by atoms with Crippen LogP contribution in [0.5, 0.6) is 0 Å². The molecule has 0 saturated carbocycles. The first-order valence-corrected chi connectivity index (χ1v) is 5.73. The minimum Gasteiger partial charge on any atom is -0.468 e. The van der Waals surface area contributed by atoms with Crippen molar-refractivity contribution in [3.63, 3.8) is 0 Å². The molecule has 1 fully saturated rings. The summed E-state index contributed by atoms with van der Waals surface area (Å²) in [6, 6.07) is 0. The largest absolute Gasteiger partial charge is 0.468 e. The van der Waals surface area contributed by atoms with Gasteiger partial charge in [-0.3, -0.25) is 9.59 Å². The molecule has 5 nitrogen and oxygen atoms in total. The summed E-state index contributed by atoms with van der Waals surface area (Å²) in [6.45, 7) is 4.00. The van der Waals surface area contributed by atoms with Gasteiger partial charge in [0.2, 0.25) is 0 Å². The van der Waals surface area contributed by atoms with Crippen molar-refractivity contribution in [1.29, 1.82) is 0 Å². The first-order valence-electron chi connectivity index (χ1n) is 5.73. The maximum atomic E-state index is 11.5.